The summed E-state index contributed by atoms with van der Waals surface area (Å²) in [6, 6.07) is 9.14. The maximum absolute atomic E-state index is 13.1. The summed E-state index contributed by atoms with van der Waals surface area (Å²) in [6.07, 6.45) is 0. The molecule has 6 heteroatoms. The second kappa shape index (κ2) is 6.03. The van der Waals surface area contributed by atoms with Crippen LogP contribution in [0.4, 0.5) is 10.1 Å². The Labute approximate surface area is 131 Å². The number of carbonyl (C=O) groups excluding carboxylic acids is 1. The van der Waals surface area contributed by atoms with Crippen molar-refractivity contribution in [3.63, 3.8) is 0 Å². The molecule has 0 unspecified atom stereocenters. The van der Waals surface area contributed by atoms with E-state index in [-0.39, 0.29) is 10.4 Å². The molecule has 0 atom stereocenters. The Morgan fingerprint density at radius 2 is 1.84 bits per heavy atom. The van der Waals surface area contributed by atoms with E-state index >= 15 is 0 Å². The molecule has 0 saturated carbocycles. The van der Waals surface area contributed by atoms with Crippen LogP contribution < -0.4 is 5.32 Å². The zero-order chi connectivity index (χ0) is 14.0. The Hall–Kier alpha value is -0.910. The first-order chi connectivity index (χ1) is 8.97. The lowest BCUT2D eigenvalue weighted by Crippen LogP contribution is -2.12. The predicted molar refractivity (Wildman–Crippen MR) is 81.2 cm³/mol. The van der Waals surface area contributed by atoms with Crippen LogP contribution in [0, 0.1) is 5.82 Å². The van der Waals surface area contributed by atoms with E-state index in [0.717, 1.165) is 4.47 Å². The second-order valence-electron chi connectivity index (χ2n) is 3.71. The molecule has 0 aliphatic carbocycles. The summed E-state index contributed by atoms with van der Waals surface area (Å²) in [5.74, 6) is -0.748. The number of halogens is 4. The normalized spacial score (nSPS) is 10.3. The fourth-order valence-electron chi connectivity index (χ4n) is 1.41. The number of hydrogen-bond acceptors (Lipinski definition) is 1. The Morgan fingerprint density at radius 1 is 1.11 bits per heavy atom. The van der Waals surface area contributed by atoms with Crippen LogP contribution in [0.1, 0.15) is 10.4 Å². The molecule has 19 heavy (non-hydrogen) atoms. The zero-order valence-electron chi connectivity index (χ0n) is 9.38. The van der Waals surface area contributed by atoms with Crippen molar-refractivity contribution in [1.29, 1.82) is 0 Å². The SMILES string of the molecule is O=C(Nc1ccc(Br)c(Cl)c1)c1ccc(F)c(Br)c1. The molecule has 0 saturated heterocycles. The minimum absolute atomic E-state index is 0.244. The van der Waals surface area contributed by atoms with Gasteiger partial charge in [-0.2, -0.15) is 0 Å². The van der Waals surface area contributed by atoms with Gasteiger partial charge in [-0.1, -0.05) is 11.6 Å². The van der Waals surface area contributed by atoms with Crippen molar-refractivity contribution in [2.24, 2.45) is 0 Å². The number of benzene rings is 2. The summed E-state index contributed by atoms with van der Waals surface area (Å²) in [4.78, 5) is 12.0. The third-order valence-electron chi connectivity index (χ3n) is 2.36. The number of hydrogen-bond donors (Lipinski definition) is 1. The minimum Gasteiger partial charge on any atom is -0.322 e. The first kappa shape index (κ1) is 14.5. The van der Waals surface area contributed by atoms with Gasteiger partial charge in [-0.25, -0.2) is 4.39 Å². The lowest BCUT2D eigenvalue weighted by Gasteiger charge is -2.07. The van der Waals surface area contributed by atoms with Crippen LogP contribution in [0.3, 0.4) is 0 Å². The third kappa shape index (κ3) is 3.55. The van der Waals surface area contributed by atoms with Gasteiger partial charge in [0.2, 0.25) is 0 Å². The van der Waals surface area contributed by atoms with E-state index in [9.17, 15) is 9.18 Å². The quantitative estimate of drug-likeness (QED) is 0.723. The van der Waals surface area contributed by atoms with Crippen LogP contribution in [0.5, 0.6) is 0 Å². The highest BCUT2D eigenvalue weighted by Gasteiger charge is 2.09. The highest BCUT2D eigenvalue weighted by atomic mass is 79.9. The molecule has 0 aromatic heterocycles. The number of carbonyl (C=O) groups is 1. The van der Waals surface area contributed by atoms with Crippen molar-refractivity contribution in [3.05, 3.63) is 61.7 Å². The summed E-state index contributed by atoms with van der Waals surface area (Å²) < 4.78 is 14.1. The topological polar surface area (TPSA) is 29.1 Å². The molecule has 2 aromatic carbocycles. The monoisotopic (exact) mass is 405 g/mol. The van der Waals surface area contributed by atoms with Gasteiger partial charge in [-0.15, -0.1) is 0 Å². The summed E-state index contributed by atoms with van der Waals surface area (Å²) in [7, 11) is 0. The van der Waals surface area contributed by atoms with Gasteiger partial charge in [0.25, 0.3) is 5.91 Å². The van der Waals surface area contributed by atoms with Gasteiger partial charge < -0.3 is 5.32 Å². The van der Waals surface area contributed by atoms with Gasteiger partial charge in [-0.05, 0) is 68.3 Å². The molecular formula is C13H7Br2ClFNO. The molecule has 2 rings (SSSR count). The van der Waals surface area contributed by atoms with Crippen LogP contribution in [0.2, 0.25) is 5.02 Å². The van der Waals surface area contributed by atoms with Crippen LogP contribution in [0.15, 0.2) is 45.3 Å². The second-order valence-corrected chi connectivity index (χ2v) is 5.83. The summed E-state index contributed by atoms with van der Waals surface area (Å²) in [6.45, 7) is 0. The first-order valence-electron chi connectivity index (χ1n) is 5.19. The van der Waals surface area contributed by atoms with Crippen LogP contribution in [-0.4, -0.2) is 5.91 Å². The highest BCUT2D eigenvalue weighted by Crippen LogP contribution is 2.26. The Bertz CT molecular complexity index is 649. The van der Waals surface area contributed by atoms with E-state index in [1.165, 1.54) is 18.2 Å². The van der Waals surface area contributed by atoms with Crippen LogP contribution in [-0.2, 0) is 0 Å². The average Bonchev–Trinajstić information content (AvgIpc) is 2.37. The van der Waals surface area contributed by atoms with E-state index in [0.29, 0.717) is 16.3 Å². The third-order valence-corrected chi connectivity index (χ3v) is 4.20. The maximum atomic E-state index is 13.1. The number of rotatable bonds is 2. The Kier molecular flexibility index (Phi) is 4.60. The molecule has 0 heterocycles. The van der Waals surface area contributed by atoms with Crippen molar-refractivity contribution < 1.29 is 9.18 Å². The predicted octanol–water partition coefficient (Wildman–Crippen LogP) is 5.26. The molecule has 0 fully saturated rings. The maximum Gasteiger partial charge on any atom is 0.255 e. The van der Waals surface area contributed by atoms with E-state index in [1.807, 2.05) is 0 Å². The van der Waals surface area contributed by atoms with Crippen LogP contribution in [0.25, 0.3) is 0 Å². The van der Waals surface area contributed by atoms with Gasteiger partial charge in [-0.3, -0.25) is 4.79 Å². The lowest BCUT2D eigenvalue weighted by molar-refractivity contribution is 0.102. The molecule has 0 spiro atoms. The van der Waals surface area contributed by atoms with Crippen molar-refractivity contribution in [1.82, 2.24) is 0 Å². The van der Waals surface area contributed by atoms with Gasteiger partial charge in [0.1, 0.15) is 5.82 Å². The largest absolute Gasteiger partial charge is 0.322 e. The lowest BCUT2D eigenvalue weighted by atomic mass is 10.2. The number of amides is 1. The molecule has 0 aliphatic rings. The summed E-state index contributed by atoms with van der Waals surface area (Å²) >= 11 is 12.2. The molecule has 1 N–H and O–H groups in total. The number of nitrogens with one attached hydrogen (secondary N) is 1. The van der Waals surface area contributed by atoms with Gasteiger partial charge >= 0.3 is 0 Å². The minimum atomic E-state index is -0.414. The molecule has 1 amide bonds. The molecule has 98 valence electrons. The smallest absolute Gasteiger partial charge is 0.255 e. The summed E-state index contributed by atoms with van der Waals surface area (Å²) in [5, 5.41) is 3.18. The molecule has 0 bridgehead atoms. The Balaban J connectivity index is 2.20. The standard InChI is InChI=1S/C13H7Br2ClFNO/c14-9-3-2-8(6-11(9)16)18-13(19)7-1-4-12(17)10(15)5-7/h1-6H,(H,18,19). The number of anilines is 1. The van der Waals surface area contributed by atoms with Crippen molar-refractivity contribution in [2.45, 2.75) is 0 Å². The molecule has 2 nitrogen and oxygen atoms in total. The Morgan fingerprint density at radius 3 is 2.47 bits per heavy atom. The van der Waals surface area contributed by atoms with Gasteiger partial charge in [0, 0.05) is 15.7 Å². The first-order valence-corrected chi connectivity index (χ1v) is 7.15. The molecule has 0 aliphatic heterocycles. The highest BCUT2D eigenvalue weighted by molar-refractivity contribution is 9.10. The van der Waals surface area contributed by atoms with Crippen molar-refractivity contribution >= 4 is 55.1 Å². The van der Waals surface area contributed by atoms with E-state index in [4.69, 9.17) is 11.6 Å². The fraction of sp³-hybridized carbons (Fsp3) is 0. The molecular weight excluding hydrogens is 400 g/mol. The van der Waals surface area contributed by atoms with Crippen LogP contribution >= 0.6 is 43.5 Å². The summed E-state index contributed by atoms with van der Waals surface area (Å²) in [5.41, 5.74) is 0.922. The average molecular weight is 407 g/mol. The van der Waals surface area contributed by atoms with Gasteiger partial charge in [0.05, 0.1) is 9.50 Å². The van der Waals surface area contributed by atoms with Crippen molar-refractivity contribution in [2.75, 3.05) is 5.32 Å². The van der Waals surface area contributed by atoms with Crippen molar-refractivity contribution in [3.8, 4) is 0 Å². The fourth-order valence-corrected chi connectivity index (χ4v) is 2.22. The van der Waals surface area contributed by atoms with E-state index < -0.39 is 5.82 Å². The van der Waals surface area contributed by atoms with E-state index in [2.05, 4.69) is 37.2 Å². The molecule has 0 radical (unpaired) electrons. The van der Waals surface area contributed by atoms with E-state index in [1.54, 1.807) is 18.2 Å². The van der Waals surface area contributed by atoms with Gasteiger partial charge in [0.15, 0.2) is 0 Å². The molecule has 2 aromatic rings. The zero-order valence-corrected chi connectivity index (χ0v) is 13.3.